The zero-order valence-corrected chi connectivity index (χ0v) is 10.4. The van der Waals surface area contributed by atoms with Crippen LogP contribution >= 0.6 is 11.6 Å². The number of carbonyl (C=O) groups is 1. The molecule has 3 N–H and O–H groups in total. The van der Waals surface area contributed by atoms with E-state index >= 15 is 0 Å². The maximum atomic E-state index is 11.8. The summed E-state index contributed by atoms with van der Waals surface area (Å²) in [6, 6.07) is 4.83. The third kappa shape index (κ3) is 3.50. The fourth-order valence-electron chi connectivity index (χ4n) is 1.08. The van der Waals surface area contributed by atoms with Crippen LogP contribution in [0.25, 0.3) is 0 Å². The largest absolute Gasteiger partial charge is 0.398 e. The Balaban J connectivity index is 2.66. The highest BCUT2D eigenvalue weighted by atomic mass is 35.5. The molecule has 0 spiro atoms. The van der Waals surface area contributed by atoms with Crippen molar-refractivity contribution >= 4 is 34.0 Å². The standard InChI is InChI=1S/C10H13ClN2O2S/c1-13-10(14)4-5-16(15)7-2-3-9(12)8(11)6-7/h2-3,6H,4-5,12H2,1H3,(H,13,14). The van der Waals surface area contributed by atoms with Gasteiger partial charge >= 0.3 is 0 Å². The number of anilines is 1. The number of nitrogens with two attached hydrogens (primary N) is 1. The van der Waals surface area contributed by atoms with Gasteiger partial charge in [0.1, 0.15) is 0 Å². The van der Waals surface area contributed by atoms with Gasteiger partial charge in [-0.05, 0) is 18.2 Å². The summed E-state index contributed by atoms with van der Waals surface area (Å²) in [5.74, 6) is 0.148. The Labute approximate surface area is 102 Å². The molecule has 0 aliphatic heterocycles. The van der Waals surface area contributed by atoms with Gasteiger partial charge in [0.15, 0.2) is 0 Å². The van der Waals surface area contributed by atoms with Crippen LogP contribution in [-0.2, 0) is 15.6 Å². The van der Waals surface area contributed by atoms with E-state index in [2.05, 4.69) is 5.32 Å². The van der Waals surface area contributed by atoms with Gasteiger partial charge in [0.25, 0.3) is 0 Å². The van der Waals surface area contributed by atoms with Crippen molar-refractivity contribution < 1.29 is 9.00 Å². The minimum absolute atomic E-state index is 0.130. The average molecular weight is 261 g/mol. The summed E-state index contributed by atoms with van der Waals surface area (Å²) in [6.45, 7) is 0. The summed E-state index contributed by atoms with van der Waals surface area (Å²) in [6.07, 6.45) is 0.227. The first-order valence-electron chi connectivity index (χ1n) is 4.68. The number of rotatable bonds is 4. The van der Waals surface area contributed by atoms with Crippen molar-refractivity contribution in [3.8, 4) is 0 Å². The van der Waals surface area contributed by atoms with Crippen LogP contribution in [0.3, 0.4) is 0 Å². The molecule has 0 radical (unpaired) electrons. The van der Waals surface area contributed by atoms with Crippen LogP contribution in [0.2, 0.25) is 5.02 Å². The summed E-state index contributed by atoms with van der Waals surface area (Å²) in [5, 5.41) is 2.85. The monoisotopic (exact) mass is 260 g/mol. The predicted octanol–water partition coefficient (Wildman–Crippen LogP) is 1.17. The minimum atomic E-state index is -1.22. The lowest BCUT2D eigenvalue weighted by molar-refractivity contribution is -0.120. The van der Waals surface area contributed by atoms with Crippen molar-refractivity contribution in [2.45, 2.75) is 11.3 Å². The molecule has 88 valence electrons. The highest BCUT2D eigenvalue weighted by Crippen LogP contribution is 2.21. The molecule has 1 rings (SSSR count). The lowest BCUT2D eigenvalue weighted by Gasteiger charge is -2.04. The molecule has 0 aromatic heterocycles. The summed E-state index contributed by atoms with van der Waals surface area (Å²) in [5.41, 5.74) is 5.99. The predicted molar refractivity (Wildman–Crippen MR) is 65.8 cm³/mol. The van der Waals surface area contributed by atoms with Gasteiger partial charge in [-0.15, -0.1) is 0 Å². The van der Waals surface area contributed by atoms with Crippen molar-refractivity contribution in [1.29, 1.82) is 0 Å². The highest BCUT2D eigenvalue weighted by molar-refractivity contribution is 7.85. The van der Waals surface area contributed by atoms with Gasteiger partial charge in [0.2, 0.25) is 5.91 Å². The van der Waals surface area contributed by atoms with Crippen molar-refractivity contribution in [2.75, 3.05) is 18.5 Å². The van der Waals surface area contributed by atoms with E-state index in [0.717, 1.165) is 0 Å². The average Bonchev–Trinajstić information content (AvgIpc) is 2.29. The van der Waals surface area contributed by atoms with Crippen LogP contribution in [0.4, 0.5) is 5.69 Å². The molecule has 1 amide bonds. The number of amides is 1. The Morgan fingerprint density at radius 3 is 2.81 bits per heavy atom. The maximum absolute atomic E-state index is 11.8. The van der Waals surface area contributed by atoms with E-state index in [9.17, 15) is 9.00 Å². The second kappa shape index (κ2) is 5.86. The van der Waals surface area contributed by atoms with Crippen molar-refractivity contribution in [3.05, 3.63) is 23.2 Å². The number of carbonyl (C=O) groups excluding carboxylic acids is 1. The summed E-state index contributed by atoms with van der Waals surface area (Å²) in [4.78, 5) is 11.6. The molecule has 0 aliphatic rings. The van der Waals surface area contributed by atoms with Gasteiger partial charge < -0.3 is 11.1 Å². The van der Waals surface area contributed by atoms with E-state index in [1.54, 1.807) is 25.2 Å². The van der Waals surface area contributed by atoms with E-state index in [1.165, 1.54) is 0 Å². The summed E-state index contributed by atoms with van der Waals surface area (Å²) in [7, 11) is 0.322. The number of benzene rings is 1. The molecule has 6 heteroatoms. The molecule has 0 saturated carbocycles. The highest BCUT2D eigenvalue weighted by Gasteiger charge is 2.08. The van der Waals surface area contributed by atoms with E-state index in [-0.39, 0.29) is 18.1 Å². The molecular formula is C10H13ClN2O2S. The fourth-order valence-corrected chi connectivity index (χ4v) is 2.40. The third-order valence-electron chi connectivity index (χ3n) is 2.03. The van der Waals surface area contributed by atoms with Crippen LogP contribution < -0.4 is 11.1 Å². The van der Waals surface area contributed by atoms with E-state index in [0.29, 0.717) is 15.6 Å². The van der Waals surface area contributed by atoms with Gasteiger partial charge in [0, 0.05) is 24.1 Å². The smallest absolute Gasteiger partial charge is 0.220 e. The molecule has 16 heavy (non-hydrogen) atoms. The molecule has 0 fully saturated rings. The first-order valence-corrected chi connectivity index (χ1v) is 6.38. The third-order valence-corrected chi connectivity index (χ3v) is 3.71. The molecular weight excluding hydrogens is 248 g/mol. The molecule has 1 aromatic carbocycles. The van der Waals surface area contributed by atoms with Crippen molar-refractivity contribution in [3.63, 3.8) is 0 Å². The van der Waals surface area contributed by atoms with Crippen molar-refractivity contribution in [2.24, 2.45) is 0 Å². The Kier molecular flexibility index (Phi) is 4.76. The lowest BCUT2D eigenvalue weighted by Crippen LogP contribution is -2.19. The van der Waals surface area contributed by atoms with E-state index in [1.807, 2.05) is 0 Å². The number of hydrogen-bond acceptors (Lipinski definition) is 3. The molecule has 4 nitrogen and oxygen atoms in total. The first-order chi connectivity index (χ1) is 7.54. The van der Waals surface area contributed by atoms with E-state index in [4.69, 9.17) is 17.3 Å². The number of nitrogen functional groups attached to an aromatic ring is 1. The molecule has 1 atom stereocenters. The van der Waals surface area contributed by atoms with Crippen LogP contribution in [0.15, 0.2) is 23.1 Å². The van der Waals surface area contributed by atoms with Crippen LogP contribution in [0, 0.1) is 0 Å². The van der Waals surface area contributed by atoms with Gasteiger partial charge in [-0.1, -0.05) is 11.6 Å². The van der Waals surface area contributed by atoms with Crippen LogP contribution in [-0.4, -0.2) is 22.9 Å². The second-order valence-corrected chi connectivity index (χ2v) is 5.13. The zero-order chi connectivity index (χ0) is 12.1. The van der Waals surface area contributed by atoms with Crippen LogP contribution in [0.1, 0.15) is 6.42 Å². The zero-order valence-electron chi connectivity index (χ0n) is 8.83. The van der Waals surface area contributed by atoms with Gasteiger partial charge in [-0.2, -0.15) is 0 Å². The molecule has 0 bridgehead atoms. The van der Waals surface area contributed by atoms with Gasteiger partial charge in [-0.25, -0.2) is 0 Å². The maximum Gasteiger partial charge on any atom is 0.220 e. The van der Waals surface area contributed by atoms with Gasteiger partial charge in [0.05, 0.1) is 21.5 Å². The van der Waals surface area contributed by atoms with Crippen LogP contribution in [0.5, 0.6) is 0 Å². The van der Waals surface area contributed by atoms with Gasteiger partial charge in [-0.3, -0.25) is 9.00 Å². The Hall–Kier alpha value is -1.07. The molecule has 0 aliphatic carbocycles. The van der Waals surface area contributed by atoms with E-state index < -0.39 is 10.8 Å². The summed E-state index contributed by atoms with van der Waals surface area (Å²) >= 11 is 5.81. The number of hydrogen-bond donors (Lipinski definition) is 2. The Bertz CT molecular complexity index is 423. The van der Waals surface area contributed by atoms with Crippen molar-refractivity contribution in [1.82, 2.24) is 5.32 Å². The minimum Gasteiger partial charge on any atom is -0.398 e. The topological polar surface area (TPSA) is 72.2 Å². The lowest BCUT2D eigenvalue weighted by atomic mass is 10.3. The normalized spacial score (nSPS) is 12.1. The fraction of sp³-hybridized carbons (Fsp3) is 0.300. The Morgan fingerprint density at radius 1 is 1.56 bits per heavy atom. The SMILES string of the molecule is CNC(=O)CCS(=O)c1ccc(N)c(Cl)c1. The number of nitrogens with one attached hydrogen (secondary N) is 1. The molecule has 1 aromatic rings. The second-order valence-electron chi connectivity index (χ2n) is 3.16. The Morgan fingerprint density at radius 2 is 2.25 bits per heavy atom. The first kappa shape index (κ1) is 13.0. The molecule has 0 saturated heterocycles. The summed E-state index contributed by atoms with van der Waals surface area (Å²) < 4.78 is 11.8. The molecule has 1 unspecified atom stereocenters. The quantitative estimate of drug-likeness (QED) is 0.798. The number of halogens is 1. The molecule has 0 heterocycles.